The van der Waals surface area contributed by atoms with Gasteiger partial charge in [-0.25, -0.2) is 4.39 Å². The lowest BCUT2D eigenvalue weighted by molar-refractivity contribution is -0.120. The molecular formula is C20H24FN3O3. The molecule has 2 aromatic carbocycles. The van der Waals surface area contributed by atoms with Gasteiger partial charge in [0, 0.05) is 18.7 Å². The van der Waals surface area contributed by atoms with E-state index in [9.17, 15) is 14.0 Å². The molecule has 0 heterocycles. The topological polar surface area (TPSA) is 70.7 Å². The Balaban J connectivity index is 1.75. The van der Waals surface area contributed by atoms with E-state index in [1.54, 1.807) is 0 Å². The zero-order chi connectivity index (χ0) is 19.6. The molecule has 0 radical (unpaired) electrons. The third kappa shape index (κ3) is 7.45. The van der Waals surface area contributed by atoms with Crippen molar-refractivity contribution >= 4 is 11.8 Å². The van der Waals surface area contributed by atoms with Crippen LogP contribution < -0.4 is 15.4 Å². The third-order valence-electron chi connectivity index (χ3n) is 3.71. The summed E-state index contributed by atoms with van der Waals surface area (Å²) in [5.74, 6) is -0.420. The van der Waals surface area contributed by atoms with Crippen LogP contribution in [0.25, 0.3) is 0 Å². The molecule has 2 amide bonds. The van der Waals surface area contributed by atoms with Crippen LogP contribution in [0.3, 0.4) is 0 Å². The largest absolute Gasteiger partial charge is 0.492 e. The van der Waals surface area contributed by atoms with Crippen molar-refractivity contribution in [2.24, 2.45) is 0 Å². The van der Waals surface area contributed by atoms with Gasteiger partial charge in [0.2, 0.25) is 5.91 Å². The van der Waals surface area contributed by atoms with E-state index in [1.807, 2.05) is 43.3 Å². The van der Waals surface area contributed by atoms with E-state index in [0.717, 1.165) is 17.9 Å². The molecule has 0 aromatic heterocycles. The Morgan fingerprint density at radius 2 is 1.81 bits per heavy atom. The fraction of sp³-hybridized carbons (Fsp3) is 0.300. The van der Waals surface area contributed by atoms with E-state index in [2.05, 4.69) is 10.6 Å². The van der Waals surface area contributed by atoms with Gasteiger partial charge in [0.05, 0.1) is 6.54 Å². The van der Waals surface area contributed by atoms with Crippen molar-refractivity contribution in [1.29, 1.82) is 0 Å². The number of likely N-dealkylation sites (N-methyl/N-ethyl adjacent to an activating group) is 1. The lowest BCUT2D eigenvalue weighted by atomic mass is 10.2. The molecule has 7 heteroatoms. The predicted molar refractivity (Wildman–Crippen MR) is 101 cm³/mol. The van der Waals surface area contributed by atoms with E-state index in [4.69, 9.17) is 4.74 Å². The summed E-state index contributed by atoms with van der Waals surface area (Å²) in [7, 11) is 3.95. The van der Waals surface area contributed by atoms with Crippen LogP contribution in [0.5, 0.6) is 5.75 Å². The van der Waals surface area contributed by atoms with Gasteiger partial charge in [0.1, 0.15) is 18.2 Å². The number of rotatable bonds is 9. The highest BCUT2D eigenvalue weighted by Crippen LogP contribution is 2.13. The quantitative estimate of drug-likeness (QED) is 0.703. The zero-order valence-electron chi connectivity index (χ0n) is 15.5. The molecule has 0 bridgehead atoms. The molecule has 0 spiro atoms. The van der Waals surface area contributed by atoms with Crippen LogP contribution in [0.2, 0.25) is 0 Å². The van der Waals surface area contributed by atoms with Gasteiger partial charge >= 0.3 is 0 Å². The van der Waals surface area contributed by atoms with Crippen LogP contribution in [-0.2, 0) is 11.3 Å². The second-order valence-electron chi connectivity index (χ2n) is 6.27. The zero-order valence-corrected chi connectivity index (χ0v) is 15.5. The normalized spacial score (nSPS) is 10.5. The first-order valence-electron chi connectivity index (χ1n) is 8.61. The first-order valence-corrected chi connectivity index (χ1v) is 8.61. The SMILES string of the molecule is CN(C)CCOc1cccc(CNC(=O)CNC(=O)c2ccc(F)cc2)c1. The Morgan fingerprint density at radius 3 is 2.52 bits per heavy atom. The molecule has 2 rings (SSSR count). The fourth-order valence-electron chi connectivity index (χ4n) is 2.22. The number of amides is 2. The highest BCUT2D eigenvalue weighted by atomic mass is 19.1. The molecule has 0 atom stereocenters. The Labute approximate surface area is 158 Å². The monoisotopic (exact) mass is 373 g/mol. The smallest absolute Gasteiger partial charge is 0.251 e. The molecular weight excluding hydrogens is 349 g/mol. The number of halogens is 1. The molecule has 0 fully saturated rings. The van der Waals surface area contributed by atoms with Crippen molar-refractivity contribution in [3.05, 3.63) is 65.5 Å². The van der Waals surface area contributed by atoms with E-state index in [0.29, 0.717) is 18.7 Å². The van der Waals surface area contributed by atoms with Crippen molar-refractivity contribution in [3.63, 3.8) is 0 Å². The third-order valence-corrected chi connectivity index (χ3v) is 3.71. The highest BCUT2D eigenvalue weighted by molar-refractivity contribution is 5.96. The number of nitrogens with zero attached hydrogens (tertiary/aromatic N) is 1. The summed E-state index contributed by atoms with van der Waals surface area (Å²) >= 11 is 0. The molecule has 0 aliphatic rings. The second kappa shape index (κ2) is 10.3. The van der Waals surface area contributed by atoms with Gasteiger partial charge in [-0.2, -0.15) is 0 Å². The number of hydrogen-bond acceptors (Lipinski definition) is 4. The maximum Gasteiger partial charge on any atom is 0.251 e. The summed E-state index contributed by atoms with van der Waals surface area (Å²) in [6.45, 7) is 1.57. The summed E-state index contributed by atoms with van der Waals surface area (Å²) in [5.41, 5.74) is 1.20. The summed E-state index contributed by atoms with van der Waals surface area (Å²) in [5, 5.41) is 5.24. The van der Waals surface area contributed by atoms with Crippen molar-refractivity contribution in [2.45, 2.75) is 6.54 Å². The first-order chi connectivity index (χ1) is 12.9. The minimum absolute atomic E-state index is 0.158. The van der Waals surface area contributed by atoms with Crippen LogP contribution in [0.15, 0.2) is 48.5 Å². The lowest BCUT2D eigenvalue weighted by Crippen LogP contribution is -2.36. The maximum absolute atomic E-state index is 12.9. The van der Waals surface area contributed by atoms with E-state index in [1.165, 1.54) is 24.3 Å². The number of hydrogen-bond donors (Lipinski definition) is 2. The predicted octanol–water partition coefficient (Wildman–Crippen LogP) is 1.81. The maximum atomic E-state index is 12.9. The van der Waals surface area contributed by atoms with E-state index < -0.39 is 11.7 Å². The van der Waals surface area contributed by atoms with Crippen LogP contribution >= 0.6 is 0 Å². The van der Waals surface area contributed by atoms with Gasteiger partial charge in [-0.1, -0.05) is 12.1 Å². The molecule has 0 saturated carbocycles. The summed E-state index contributed by atoms with van der Waals surface area (Å²) < 4.78 is 18.5. The summed E-state index contributed by atoms with van der Waals surface area (Å²) in [6, 6.07) is 12.6. The molecule has 144 valence electrons. The standard InChI is InChI=1S/C20H24FN3O3/c1-24(2)10-11-27-18-5-3-4-15(12-18)13-22-19(25)14-23-20(26)16-6-8-17(21)9-7-16/h3-9,12H,10-11,13-14H2,1-2H3,(H,22,25)(H,23,26). The number of ether oxygens (including phenoxy) is 1. The van der Waals surface area contributed by atoms with E-state index in [-0.39, 0.29) is 12.5 Å². The summed E-state index contributed by atoms with van der Waals surface area (Å²) in [6.07, 6.45) is 0. The van der Waals surface area contributed by atoms with Crippen LogP contribution in [0.1, 0.15) is 15.9 Å². The summed E-state index contributed by atoms with van der Waals surface area (Å²) in [4.78, 5) is 25.8. The number of carbonyl (C=O) groups excluding carboxylic acids is 2. The average molecular weight is 373 g/mol. The van der Waals surface area contributed by atoms with E-state index >= 15 is 0 Å². The first kappa shape index (κ1) is 20.4. The molecule has 2 aromatic rings. The second-order valence-corrected chi connectivity index (χ2v) is 6.27. The minimum atomic E-state index is -0.429. The van der Waals surface area contributed by atoms with Crippen molar-refractivity contribution in [1.82, 2.24) is 15.5 Å². The number of benzene rings is 2. The molecule has 0 saturated heterocycles. The Bertz CT molecular complexity index is 763. The van der Waals surface area contributed by atoms with Gasteiger partial charge in [-0.15, -0.1) is 0 Å². The van der Waals surface area contributed by atoms with Crippen LogP contribution in [0, 0.1) is 5.82 Å². The molecule has 0 aliphatic heterocycles. The highest BCUT2D eigenvalue weighted by Gasteiger charge is 2.08. The van der Waals surface area contributed by atoms with Crippen LogP contribution in [-0.4, -0.2) is 50.5 Å². The average Bonchev–Trinajstić information content (AvgIpc) is 2.65. The van der Waals surface area contributed by atoms with Gasteiger partial charge in [-0.3, -0.25) is 9.59 Å². The fourth-order valence-corrected chi connectivity index (χ4v) is 2.22. The van der Waals surface area contributed by atoms with Gasteiger partial charge in [0.25, 0.3) is 5.91 Å². The van der Waals surface area contributed by atoms with Gasteiger partial charge in [-0.05, 0) is 56.1 Å². The minimum Gasteiger partial charge on any atom is -0.492 e. The lowest BCUT2D eigenvalue weighted by Gasteiger charge is -2.12. The Kier molecular flexibility index (Phi) is 7.76. The molecule has 0 unspecified atom stereocenters. The van der Waals surface area contributed by atoms with Gasteiger partial charge < -0.3 is 20.3 Å². The van der Waals surface area contributed by atoms with Crippen molar-refractivity contribution < 1.29 is 18.7 Å². The Hall–Kier alpha value is -2.93. The molecule has 0 aliphatic carbocycles. The van der Waals surface area contributed by atoms with Crippen molar-refractivity contribution in [3.8, 4) is 5.75 Å². The molecule has 6 nitrogen and oxygen atoms in total. The van der Waals surface area contributed by atoms with Gasteiger partial charge in [0.15, 0.2) is 0 Å². The van der Waals surface area contributed by atoms with Crippen LogP contribution in [0.4, 0.5) is 4.39 Å². The molecule has 27 heavy (non-hydrogen) atoms. The number of nitrogens with one attached hydrogen (secondary N) is 2. The van der Waals surface area contributed by atoms with Crippen molar-refractivity contribution in [2.75, 3.05) is 33.8 Å². The Morgan fingerprint density at radius 1 is 1.07 bits per heavy atom. The molecule has 2 N–H and O–H groups in total. The number of carbonyl (C=O) groups is 2.